The fourth-order valence-electron chi connectivity index (χ4n) is 3.35. The Balaban J connectivity index is 1.87. The lowest BCUT2D eigenvalue weighted by molar-refractivity contribution is -0.386. The first kappa shape index (κ1) is 23.3. The number of rotatable bonds is 5. The van der Waals surface area contributed by atoms with Crippen molar-refractivity contribution in [1.82, 2.24) is 9.66 Å². The minimum absolute atomic E-state index is 0.129. The third kappa shape index (κ3) is 4.89. The van der Waals surface area contributed by atoms with E-state index in [1.807, 2.05) is 57.2 Å². The molecule has 0 unspecified atom stereocenters. The minimum atomic E-state index is -0.627. The van der Waals surface area contributed by atoms with Crippen molar-refractivity contribution in [2.24, 2.45) is 5.10 Å². The van der Waals surface area contributed by atoms with Gasteiger partial charge in [0, 0.05) is 17.2 Å². The monoisotopic (exact) mass is 520 g/mol. The number of aromatic nitrogens is 2. The predicted molar refractivity (Wildman–Crippen MR) is 136 cm³/mol. The number of para-hydroxylation sites is 1. The smallest absolute Gasteiger partial charge is 0.312 e. The van der Waals surface area contributed by atoms with Gasteiger partial charge in [0.05, 0.1) is 26.5 Å². The molecule has 0 aliphatic rings. The van der Waals surface area contributed by atoms with E-state index < -0.39 is 10.5 Å². The van der Waals surface area contributed by atoms with Crippen LogP contribution in [0.3, 0.4) is 0 Å². The fourth-order valence-corrected chi connectivity index (χ4v) is 3.89. The molecule has 1 heterocycles. The highest BCUT2D eigenvalue weighted by molar-refractivity contribution is 9.10. The SMILES string of the molecule is CC(C)(C)Oc1c(Br)cc(C=Nn2c(-c3ccccc3)nc3ccccc3c2=O)cc1[N+](=O)[O-]. The second-order valence-corrected chi connectivity index (χ2v) is 9.36. The lowest BCUT2D eigenvalue weighted by Crippen LogP contribution is -2.23. The third-order valence-electron chi connectivity index (χ3n) is 4.76. The number of hydrogen-bond donors (Lipinski definition) is 0. The van der Waals surface area contributed by atoms with Gasteiger partial charge in [0.1, 0.15) is 5.60 Å². The molecule has 0 radical (unpaired) electrons. The molecule has 9 heteroatoms. The normalized spacial score (nSPS) is 11.8. The maximum Gasteiger partial charge on any atom is 0.312 e. The summed E-state index contributed by atoms with van der Waals surface area (Å²) in [6.07, 6.45) is 1.39. The summed E-state index contributed by atoms with van der Waals surface area (Å²) in [5.74, 6) is 0.492. The Labute approximate surface area is 203 Å². The van der Waals surface area contributed by atoms with Crippen LogP contribution in [0.15, 0.2) is 81.1 Å². The van der Waals surface area contributed by atoms with Crippen molar-refractivity contribution in [3.63, 3.8) is 0 Å². The second-order valence-electron chi connectivity index (χ2n) is 8.50. The van der Waals surface area contributed by atoms with E-state index in [1.165, 1.54) is 17.0 Å². The summed E-state index contributed by atoms with van der Waals surface area (Å²) < 4.78 is 7.40. The molecule has 4 aromatic rings. The molecule has 1 aromatic heterocycles. The van der Waals surface area contributed by atoms with Crippen LogP contribution in [0, 0.1) is 10.1 Å². The fraction of sp³-hybridized carbons (Fsp3) is 0.160. The Morgan fingerprint density at radius 2 is 1.76 bits per heavy atom. The number of nitro benzene ring substituents is 1. The van der Waals surface area contributed by atoms with E-state index in [4.69, 9.17) is 4.74 Å². The van der Waals surface area contributed by atoms with Crippen LogP contribution in [0.4, 0.5) is 5.69 Å². The Bertz CT molecular complexity index is 1470. The van der Waals surface area contributed by atoms with Crippen LogP contribution < -0.4 is 10.3 Å². The molecule has 0 spiro atoms. The van der Waals surface area contributed by atoms with Crippen LogP contribution in [-0.4, -0.2) is 26.4 Å². The highest BCUT2D eigenvalue weighted by Gasteiger charge is 2.24. The topological polar surface area (TPSA) is 99.6 Å². The first-order chi connectivity index (χ1) is 16.1. The van der Waals surface area contributed by atoms with Crippen LogP contribution in [0.25, 0.3) is 22.3 Å². The van der Waals surface area contributed by atoms with E-state index >= 15 is 0 Å². The molecule has 172 valence electrons. The van der Waals surface area contributed by atoms with Crippen molar-refractivity contribution in [3.8, 4) is 17.1 Å². The molecule has 0 N–H and O–H groups in total. The van der Waals surface area contributed by atoms with Gasteiger partial charge >= 0.3 is 5.69 Å². The summed E-state index contributed by atoms with van der Waals surface area (Å²) in [6.45, 7) is 5.42. The molecule has 0 fully saturated rings. The Kier molecular flexibility index (Phi) is 6.30. The summed E-state index contributed by atoms with van der Waals surface area (Å²) >= 11 is 3.37. The molecule has 34 heavy (non-hydrogen) atoms. The van der Waals surface area contributed by atoms with Crippen molar-refractivity contribution < 1.29 is 9.66 Å². The number of fused-ring (bicyclic) bond motifs is 1. The summed E-state index contributed by atoms with van der Waals surface area (Å²) in [5, 5.41) is 16.5. The standard InChI is InChI=1S/C25H21BrN4O4/c1-25(2,3)34-22-19(26)13-16(14-21(22)30(32)33)15-27-29-23(17-9-5-4-6-10-17)28-20-12-8-7-11-18(20)24(29)31/h4-15H,1-3H3. The summed E-state index contributed by atoms with van der Waals surface area (Å²) in [4.78, 5) is 29.1. The van der Waals surface area contributed by atoms with Crippen LogP contribution in [0.2, 0.25) is 0 Å². The first-order valence-corrected chi connectivity index (χ1v) is 11.2. The molecular formula is C25H21BrN4O4. The lowest BCUT2D eigenvalue weighted by atomic mass is 10.1. The zero-order valence-corrected chi connectivity index (χ0v) is 20.3. The molecule has 0 atom stereocenters. The molecule has 8 nitrogen and oxygen atoms in total. The number of ether oxygens (including phenoxy) is 1. The van der Waals surface area contributed by atoms with Crippen molar-refractivity contribution in [1.29, 1.82) is 0 Å². The zero-order valence-electron chi connectivity index (χ0n) is 18.7. The zero-order chi connectivity index (χ0) is 24.5. The molecule has 0 aliphatic carbocycles. The number of halogens is 1. The van der Waals surface area contributed by atoms with E-state index in [0.717, 1.165) is 0 Å². The van der Waals surface area contributed by atoms with Gasteiger partial charge in [-0.1, -0.05) is 42.5 Å². The van der Waals surface area contributed by atoms with Crippen LogP contribution in [0.5, 0.6) is 5.75 Å². The molecular weight excluding hydrogens is 500 g/mol. The third-order valence-corrected chi connectivity index (χ3v) is 5.35. The highest BCUT2D eigenvalue weighted by Crippen LogP contribution is 2.38. The molecule has 0 bridgehead atoms. The Morgan fingerprint density at radius 1 is 1.09 bits per heavy atom. The summed E-state index contributed by atoms with van der Waals surface area (Å²) in [7, 11) is 0. The van der Waals surface area contributed by atoms with E-state index in [0.29, 0.717) is 32.3 Å². The lowest BCUT2D eigenvalue weighted by Gasteiger charge is -2.22. The molecule has 0 saturated carbocycles. The maximum absolute atomic E-state index is 13.3. The van der Waals surface area contributed by atoms with Gasteiger partial charge < -0.3 is 4.74 Å². The summed E-state index contributed by atoms with van der Waals surface area (Å²) in [6, 6.07) is 19.3. The minimum Gasteiger partial charge on any atom is -0.480 e. The van der Waals surface area contributed by atoms with E-state index in [1.54, 1.807) is 24.3 Å². The molecule has 3 aromatic carbocycles. The van der Waals surface area contributed by atoms with Gasteiger partial charge in [0.2, 0.25) is 5.75 Å². The van der Waals surface area contributed by atoms with Gasteiger partial charge in [-0.05, 0) is 54.9 Å². The Hall–Kier alpha value is -3.85. The highest BCUT2D eigenvalue weighted by atomic mass is 79.9. The second kappa shape index (κ2) is 9.18. The van der Waals surface area contributed by atoms with E-state index in [2.05, 4.69) is 26.0 Å². The van der Waals surface area contributed by atoms with Crippen molar-refractivity contribution in [2.45, 2.75) is 26.4 Å². The van der Waals surface area contributed by atoms with Crippen molar-refractivity contribution in [3.05, 3.63) is 97.2 Å². The number of nitro groups is 1. The van der Waals surface area contributed by atoms with Crippen LogP contribution >= 0.6 is 15.9 Å². The van der Waals surface area contributed by atoms with Gasteiger partial charge in [-0.3, -0.25) is 14.9 Å². The van der Waals surface area contributed by atoms with Gasteiger partial charge in [0.25, 0.3) is 5.56 Å². The number of nitrogens with zero attached hydrogens (tertiary/aromatic N) is 4. The van der Waals surface area contributed by atoms with Gasteiger partial charge in [-0.15, -0.1) is 0 Å². The molecule has 0 saturated heterocycles. The molecule has 0 aliphatic heterocycles. The van der Waals surface area contributed by atoms with Crippen molar-refractivity contribution in [2.75, 3.05) is 0 Å². The molecule has 0 amide bonds. The largest absolute Gasteiger partial charge is 0.480 e. The number of hydrogen-bond acceptors (Lipinski definition) is 6. The maximum atomic E-state index is 13.3. The first-order valence-electron chi connectivity index (χ1n) is 10.4. The number of benzene rings is 3. The van der Waals surface area contributed by atoms with Crippen LogP contribution in [0.1, 0.15) is 26.3 Å². The Morgan fingerprint density at radius 3 is 2.44 bits per heavy atom. The molecule has 4 rings (SSSR count). The average Bonchev–Trinajstić information content (AvgIpc) is 2.79. The van der Waals surface area contributed by atoms with Gasteiger partial charge in [-0.25, -0.2) is 4.98 Å². The van der Waals surface area contributed by atoms with E-state index in [9.17, 15) is 14.9 Å². The van der Waals surface area contributed by atoms with Crippen molar-refractivity contribution >= 4 is 38.7 Å². The van der Waals surface area contributed by atoms with Gasteiger partial charge in [0.15, 0.2) is 5.82 Å². The van der Waals surface area contributed by atoms with Crippen LogP contribution in [-0.2, 0) is 0 Å². The van der Waals surface area contributed by atoms with Gasteiger partial charge in [-0.2, -0.15) is 9.78 Å². The summed E-state index contributed by atoms with van der Waals surface area (Å²) in [5.41, 5.74) is 0.500. The van der Waals surface area contributed by atoms with E-state index in [-0.39, 0.29) is 17.0 Å². The average molecular weight is 521 g/mol. The quantitative estimate of drug-likeness (QED) is 0.188. The predicted octanol–water partition coefficient (Wildman–Crippen LogP) is 5.79.